The van der Waals surface area contributed by atoms with Crippen molar-refractivity contribution in [1.82, 2.24) is 0 Å². The monoisotopic (exact) mass is 320 g/mol. The van der Waals surface area contributed by atoms with E-state index in [0.29, 0.717) is 12.0 Å². The van der Waals surface area contributed by atoms with E-state index in [1.807, 2.05) is 18.2 Å². The average Bonchev–Trinajstić information content (AvgIpc) is 3.23. The summed E-state index contributed by atoms with van der Waals surface area (Å²) in [5.74, 6) is 0.0394. The van der Waals surface area contributed by atoms with Crippen LogP contribution >= 0.6 is 0 Å². The number of hydrogen-bond donors (Lipinski definition) is 1. The topological polar surface area (TPSA) is 49.4 Å². The SMILES string of the molecule is O=C(Nc1ccc2c(c1)CCC2)c1ccc(N2CCCC2=O)cc1. The highest BCUT2D eigenvalue weighted by Gasteiger charge is 2.21. The van der Waals surface area contributed by atoms with Gasteiger partial charge < -0.3 is 10.2 Å². The van der Waals surface area contributed by atoms with Crippen LogP contribution in [0, 0.1) is 0 Å². The Bertz CT molecular complexity index is 796. The molecule has 0 radical (unpaired) electrons. The molecule has 24 heavy (non-hydrogen) atoms. The molecule has 2 aliphatic rings. The second-order valence-electron chi connectivity index (χ2n) is 6.49. The Kier molecular flexibility index (Phi) is 3.81. The zero-order valence-electron chi connectivity index (χ0n) is 13.5. The zero-order chi connectivity index (χ0) is 16.5. The van der Waals surface area contributed by atoms with E-state index >= 15 is 0 Å². The third-order valence-electron chi connectivity index (χ3n) is 4.87. The largest absolute Gasteiger partial charge is 0.322 e. The lowest BCUT2D eigenvalue weighted by molar-refractivity contribution is -0.117. The summed E-state index contributed by atoms with van der Waals surface area (Å²) in [4.78, 5) is 26.0. The summed E-state index contributed by atoms with van der Waals surface area (Å²) in [6.45, 7) is 0.763. The Labute approximate surface area is 141 Å². The van der Waals surface area contributed by atoms with Gasteiger partial charge in [-0.2, -0.15) is 0 Å². The highest BCUT2D eigenvalue weighted by Crippen LogP contribution is 2.26. The Morgan fingerprint density at radius 1 is 0.917 bits per heavy atom. The van der Waals surface area contributed by atoms with Crippen LogP contribution < -0.4 is 10.2 Å². The number of anilines is 2. The van der Waals surface area contributed by atoms with Crippen molar-refractivity contribution in [3.63, 3.8) is 0 Å². The van der Waals surface area contributed by atoms with Gasteiger partial charge in [-0.25, -0.2) is 0 Å². The summed E-state index contributed by atoms with van der Waals surface area (Å²) in [5.41, 5.74) is 5.06. The molecule has 1 aliphatic carbocycles. The lowest BCUT2D eigenvalue weighted by Crippen LogP contribution is -2.23. The molecule has 4 nitrogen and oxygen atoms in total. The lowest BCUT2D eigenvalue weighted by atomic mass is 10.1. The predicted molar refractivity (Wildman–Crippen MR) is 94.4 cm³/mol. The lowest BCUT2D eigenvalue weighted by Gasteiger charge is -2.16. The van der Waals surface area contributed by atoms with Crippen molar-refractivity contribution in [3.05, 3.63) is 59.2 Å². The van der Waals surface area contributed by atoms with Crippen molar-refractivity contribution in [2.45, 2.75) is 32.1 Å². The highest BCUT2D eigenvalue weighted by atomic mass is 16.2. The molecule has 1 saturated heterocycles. The smallest absolute Gasteiger partial charge is 0.255 e. The molecule has 0 atom stereocenters. The number of rotatable bonds is 3. The number of hydrogen-bond acceptors (Lipinski definition) is 2. The zero-order valence-corrected chi connectivity index (χ0v) is 13.5. The number of nitrogens with one attached hydrogen (secondary N) is 1. The molecular formula is C20H20N2O2. The van der Waals surface area contributed by atoms with Gasteiger partial charge in [0.05, 0.1) is 0 Å². The van der Waals surface area contributed by atoms with Crippen molar-refractivity contribution in [2.75, 3.05) is 16.8 Å². The highest BCUT2D eigenvalue weighted by molar-refractivity contribution is 6.05. The summed E-state index contributed by atoms with van der Waals surface area (Å²) in [6.07, 6.45) is 4.95. The van der Waals surface area contributed by atoms with Crippen LogP contribution in [-0.2, 0) is 17.6 Å². The van der Waals surface area contributed by atoms with E-state index in [-0.39, 0.29) is 11.8 Å². The van der Waals surface area contributed by atoms with Gasteiger partial charge in [-0.3, -0.25) is 9.59 Å². The molecule has 2 aromatic rings. The molecule has 2 amide bonds. The van der Waals surface area contributed by atoms with Gasteiger partial charge in [0.25, 0.3) is 5.91 Å². The third kappa shape index (κ3) is 2.80. The number of amides is 2. The number of carbonyl (C=O) groups is 2. The molecule has 1 aliphatic heterocycles. The molecule has 4 heteroatoms. The second kappa shape index (κ2) is 6.11. The Morgan fingerprint density at radius 3 is 2.46 bits per heavy atom. The Hall–Kier alpha value is -2.62. The van der Waals surface area contributed by atoms with Crippen LogP contribution in [0.25, 0.3) is 0 Å². The van der Waals surface area contributed by atoms with E-state index in [9.17, 15) is 9.59 Å². The minimum absolute atomic E-state index is 0.118. The maximum atomic E-state index is 12.4. The summed E-state index contributed by atoms with van der Waals surface area (Å²) in [6, 6.07) is 13.4. The van der Waals surface area contributed by atoms with Crippen LogP contribution in [0.2, 0.25) is 0 Å². The van der Waals surface area contributed by atoms with Crippen LogP contribution in [0.3, 0.4) is 0 Å². The second-order valence-corrected chi connectivity index (χ2v) is 6.49. The normalized spacial score (nSPS) is 16.3. The summed E-state index contributed by atoms with van der Waals surface area (Å²) < 4.78 is 0. The molecule has 4 rings (SSSR count). The molecule has 1 heterocycles. The van der Waals surface area contributed by atoms with Crippen LogP contribution in [0.4, 0.5) is 11.4 Å². The first-order valence-corrected chi connectivity index (χ1v) is 8.54. The number of aryl methyl sites for hydroxylation is 2. The molecule has 1 N–H and O–H groups in total. The van der Waals surface area contributed by atoms with Gasteiger partial charge in [-0.15, -0.1) is 0 Å². The van der Waals surface area contributed by atoms with Gasteiger partial charge in [0.1, 0.15) is 0 Å². The minimum Gasteiger partial charge on any atom is -0.322 e. The fourth-order valence-electron chi connectivity index (χ4n) is 3.57. The fraction of sp³-hybridized carbons (Fsp3) is 0.300. The van der Waals surface area contributed by atoms with Crippen LogP contribution in [0.5, 0.6) is 0 Å². The predicted octanol–water partition coefficient (Wildman–Crippen LogP) is 3.55. The van der Waals surface area contributed by atoms with Crippen molar-refractivity contribution in [2.24, 2.45) is 0 Å². The Balaban J connectivity index is 1.47. The van der Waals surface area contributed by atoms with Crippen LogP contribution in [0.15, 0.2) is 42.5 Å². The summed E-state index contributed by atoms with van der Waals surface area (Å²) in [7, 11) is 0. The fourth-order valence-corrected chi connectivity index (χ4v) is 3.57. The molecular weight excluding hydrogens is 300 g/mol. The van der Waals surface area contributed by atoms with E-state index in [0.717, 1.165) is 37.2 Å². The quantitative estimate of drug-likeness (QED) is 0.940. The minimum atomic E-state index is -0.118. The molecule has 1 fully saturated rings. The van der Waals surface area contributed by atoms with Crippen molar-refractivity contribution in [1.29, 1.82) is 0 Å². The van der Waals surface area contributed by atoms with Crippen LogP contribution in [-0.4, -0.2) is 18.4 Å². The number of nitrogens with zero attached hydrogens (tertiary/aromatic N) is 1. The molecule has 0 saturated carbocycles. The first kappa shape index (κ1) is 14.9. The van der Waals surface area contributed by atoms with Crippen molar-refractivity contribution in [3.8, 4) is 0 Å². The van der Waals surface area contributed by atoms with E-state index in [4.69, 9.17) is 0 Å². The number of carbonyl (C=O) groups excluding carboxylic acids is 2. The number of fused-ring (bicyclic) bond motifs is 1. The first-order valence-electron chi connectivity index (χ1n) is 8.54. The van der Waals surface area contributed by atoms with Gasteiger partial charge in [0.2, 0.25) is 5.91 Å². The van der Waals surface area contributed by atoms with Gasteiger partial charge in [0.15, 0.2) is 0 Å². The summed E-state index contributed by atoms with van der Waals surface area (Å²) in [5, 5.41) is 2.97. The van der Waals surface area contributed by atoms with E-state index < -0.39 is 0 Å². The van der Waals surface area contributed by atoms with Crippen LogP contribution in [0.1, 0.15) is 40.7 Å². The molecule has 0 spiro atoms. The summed E-state index contributed by atoms with van der Waals surface area (Å²) >= 11 is 0. The third-order valence-corrected chi connectivity index (χ3v) is 4.87. The Morgan fingerprint density at radius 2 is 1.71 bits per heavy atom. The maximum Gasteiger partial charge on any atom is 0.255 e. The van der Waals surface area contributed by atoms with Gasteiger partial charge in [0, 0.05) is 29.9 Å². The van der Waals surface area contributed by atoms with Gasteiger partial charge in [-0.1, -0.05) is 6.07 Å². The number of benzene rings is 2. The van der Waals surface area contributed by atoms with E-state index in [1.54, 1.807) is 17.0 Å². The molecule has 0 bridgehead atoms. The molecule has 0 unspecified atom stereocenters. The van der Waals surface area contributed by atoms with Gasteiger partial charge in [-0.05, 0) is 73.2 Å². The van der Waals surface area contributed by atoms with Gasteiger partial charge >= 0.3 is 0 Å². The molecule has 2 aromatic carbocycles. The maximum absolute atomic E-state index is 12.4. The molecule has 0 aromatic heterocycles. The standard InChI is InChI=1S/C20H20N2O2/c23-19-5-2-12-22(19)18-10-7-15(8-11-18)20(24)21-17-9-6-14-3-1-4-16(14)13-17/h6-11,13H,1-5,12H2,(H,21,24). The van der Waals surface area contributed by atoms with E-state index in [1.165, 1.54) is 17.5 Å². The average molecular weight is 320 g/mol. The first-order chi connectivity index (χ1) is 11.7. The van der Waals surface area contributed by atoms with Crippen molar-refractivity contribution >= 4 is 23.2 Å². The van der Waals surface area contributed by atoms with Crippen molar-refractivity contribution < 1.29 is 9.59 Å². The van der Waals surface area contributed by atoms with E-state index in [2.05, 4.69) is 17.4 Å². The molecule has 122 valence electrons.